The van der Waals surface area contributed by atoms with Crippen LogP contribution in [0.3, 0.4) is 0 Å². The molecule has 1 aromatic carbocycles. The van der Waals surface area contributed by atoms with Crippen LogP contribution < -0.4 is 10.6 Å². The van der Waals surface area contributed by atoms with E-state index >= 15 is 0 Å². The van der Waals surface area contributed by atoms with Gasteiger partial charge in [-0.25, -0.2) is 0 Å². The number of anilines is 1. The molecule has 2 atom stereocenters. The summed E-state index contributed by atoms with van der Waals surface area (Å²) in [6.45, 7) is 3.13. The number of non-ortho nitro benzene ring substituents is 1. The van der Waals surface area contributed by atoms with Gasteiger partial charge in [0.05, 0.1) is 16.2 Å². The Bertz CT molecular complexity index is 532. The number of nitrogens with one attached hydrogen (secondary N) is 2. The van der Waals surface area contributed by atoms with Gasteiger partial charge in [-0.2, -0.15) is 5.26 Å². The van der Waals surface area contributed by atoms with Crippen molar-refractivity contribution < 1.29 is 4.92 Å². The highest BCUT2D eigenvalue weighted by atomic mass is 16.6. The summed E-state index contributed by atoms with van der Waals surface area (Å²) in [5.74, 6) is 0. The van der Waals surface area contributed by atoms with Crippen LogP contribution in [0.1, 0.15) is 31.7 Å². The molecule has 0 bridgehead atoms. The number of rotatable bonds is 5. The molecule has 0 saturated carbocycles. The summed E-state index contributed by atoms with van der Waals surface area (Å²) in [5.41, 5.74) is 0.909. The Labute approximate surface area is 117 Å². The van der Waals surface area contributed by atoms with Crippen LogP contribution in [0.4, 0.5) is 11.4 Å². The summed E-state index contributed by atoms with van der Waals surface area (Å²) >= 11 is 0. The Morgan fingerprint density at radius 2 is 2.45 bits per heavy atom. The van der Waals surface area contributed by atoms with Gasteiger partial charge in [0.2, 0.25) is 0 Å². The van der Waals surface area contributed by atoms with Gasteiger partial charge in [-0.1, -0.05) is 0 Å². The van der Waals surface area contributed by atoms with E-state index in [1.54, 1.807) is 6.07 Å². The number of nitro benzene ring substituents is 1. The first-order valence-electron chi connectivity index (χ1n) is 6.78. The van der Waals surface area contributed by atoms with Gasteiger partial charge in [0.25, 0.3) is 5.69 Å². The van der Waals surface area contributed by atoms with Crippen LogP contribution in [0, 0.1) is 21.4 Å². The standard InChI is InChI=1S/C14H18N4O2/c1-10(7-12-3-2-6-16-12)17-14-5-4-13(18(19)20)8-11(14)9-15/h4-5,8,10,12,16-17H,2-3,6-7H2,1H3. The summed E-state index contributed by atoms with van der Waals surface area (Å²) < 4.78 is 0. The molecule has 2 N–H and O–H groups in total. The third-order valence-electron chi connectivity index (χ3n) is 3.54. The molecule has 1 fully saturated rings. The Morgan fingerprint density at radius 3 is 3.05 bits per heavy atom. The summed E-state index contributed by atoms with van der Waals surface area (Å²) in [6.07, 6.45) is 3.36. The van der Waals surface area contributed by atoms with Crippen LogP contribution >= 0.6 is 0 Å². The van der Waals surface area contributed by atoms with E-state index < -0.39 is 4.92 Å². The predicted molar refractivity (Wildman–Crippen MR) is 76.5 cm³/mol. The topological polar surface area (TPSA) is 91.0 Å². The van der Waals surface area contributed by atoms with Gasteiger partial charge in [0.1, 0.15) is 6.07 Å². The zero-order valence-corrected chi connectivity index (χ0v) is 11.4. The second-order valence-corrected chi connectivity index (χ2v) is 5.17. The number of hydrogen-bond acceptors (Lipinski definition) is 5. The van der Waals surface area contributed by atoms with E-state index in [9.17, 15) is 10.1 Å². The van der Waals surface area contributed by atoms with E-state index in [1.807, 2.05) is 6.07 Å². The molecule has 0 aromatic heterocycles. The molecule has 1 aliphatic heterocycles. The molecule has 106 valence electrons. The maximum atomic E-state index is 10.7. The number of hydrogen-bond donors (Lipinski definition) is 2. The van der Waals surface area contributed by atoms with Crippen molar-refractivity contribution in [3.8, 4) is 6.07 Å². The Kier molecular flexibility index (Phi) is 4.53. The second-order valence-electron chi connectivity index (χ2n) is 5.17. The highest BCUT2D eigenvalue weighted by molar-refractivity contribution is 5.61. The summed E-state index contributed by atoms with van der Waals surface area (Å²) in [5, 5.41) is 26.5. The minimum Gasteiger partial charge on any atom is -0.381 e. The normalized spacial score (nSPS) is 19.3. The number of nitriles is 1. The lowest BCUT2D eigenvalue weighted by molar-refractivity contribution is -0.384. The number of nitrogens with zero attached hydrogens (tertiary/aromatic N) is 2. The van der Waals surface area contributed by atoms with Crippen molar-refractivity contribution in [1.82, 2.24) is 5.32 Å². The van der Waals surface area contributed by atoms with Gasteiger partial charge < -0.3 is 10.6 Å². The van der Waals surface area contributed by atoms with Gasteiger partial charge in [0, 0.05) is 24.2 Å². The Balaban J connectivity index is 2.04. The van der Waals surface area contributed by atoms with Crippen LogP contribution in [-0.2, 0) is 0 Å². The molecule has 2 rings (SSSR count). The lowest BCUT2D eigenvalue weighted by atomic mass is 10.1. The molecule has 6 heteroatoms. The molecular formula is C14H18N4O2. The first kappa shape index (κ1) is 14.3. The summed E-state index contributed by atoms with van der Waals surface area (Å²) in [4.78, 5) is 10.2. The minimum absolute atomic E-state index is 0.0581. The maximum absolute atomic E-state index is 10.7. The average molecular weight is 274 g/mol. The van der Waals surface area contributed by atoms with Gasteiger partial charge in [-0.05, 0) is 38.8 Å². The minimum atomic E-state index is -0.490. The molecule has 20 heavy (non-hydrogen) atoms. The van der Waals surface area contributed by atoms with E-state index in [1.165, 1.54) is 25.0 Å². The molecule has 0 spiro atoms. The molecule has 1 aromatic rings. The molecule has 0 aliphatic carbocycles. The smallest absolute Gasteiger partial charge is 0.270 e. The third kappa shape index (κ3) is 3.45. The molecule has 1 heterocycles. The monoisotopic (exact) mass is 274 g/mol. The molecule has 0 amide bonds. The van der Waals surface area contributed by atoms with Crippen LogP contribution in [0.15, 0.2) is 18.2 Å². The lowest BCUT2D eigenvalue weighted by Gasteiger charge is -2.19. The van der Waals surface area contributed by atoms with Crippen LogP contribution in [0.25, 0.3) is 0 Å². The predicted octanol–water partition coefficient (Wildman–Crippen LogP) is 2.41. The summed E-state index contributed by atoms with van der Waals surface area (Å²) in [6, 6.07) is 7.06. The van der Waals surface area contributed by atoms with Crippen LogP contribution in [0.2, 0.25) is 0 Å². The number of nitro groups is 1. The van der Waals surface area contributed by atoms with Crippen molar-refractivity contribution in [2.75, 3.05) is 11.9 Å². The fourth-order valence-electron chi connectivity index (χ4n) is 2.57. The van der Waals surface area contributed by atoms with Crippen molar-refractivity contribution in [2.24, 2.45) is 0 Å². The SMILES string of the molecule is CC(CC1CCCN1)Nc1ccc([N+](=O)[O-])cc1C#N. The van der Waals surface area contributed by atoms with Crippen LogP contribution in [-0.4, -0.2) is 23.6 Å². The van der Waals surface area contributed by atoms with E-state index in [0.29, 0.717) is 17.3 Å². The first-order chi connectivity index (χ1) is 9.60. The fraction of sp³-hybridized carbons (Fsp3) is 0.500. The highest BCUT2D eigenvalue weighted by Gasteiger charge is 2.18. The van der Waals surface area contributed by atoms with Gasteiger partial charge in [-0.3, -0.25) is 10.1 Å². The second kappa shape index (κ2) is 6.35. The van der Waals surface area contributed by atoms with Crippen molar-refractivity contribution in [1.29, 1.82) is 5.26 Å². The fourth-order valence-corrected chi connectivity index (χ4v) is 2.57. The quantitative estimate of drug-likeness (QED) is 0.635. The van der Waals surface area contributed by atoms with Crippen molar-refractivity contribution in [2.45, 2.75) is 38.3 Å². The summed E-state index contributed by atoms with van der Waals surface area (Å²) in [7, 11) is 0. The molecule has 1 aliphatic rings. The van der Waals surface area contributed by atoms with Crippen molar-refractivity contribution in [3.05, 3.63) is 33.9 Å². The van der Waals surface area contributed by atoms with E-state index in [-0.39, 0.29) is 11.7 Å². The Hall–Kier alpha value is -2.13. The molecule has 6 nitrogen and oxygen atoms in total. The van der Waals surface area contributed by atoms with Gasteiger partial charge >= 0.3 is 0 Å². The maximum Gasteiger partial charge on any atom is 0.270 e. The van der Waals surface area contributed by atoms with Crippen LogP contribution in [0.5, 0.6) is 0 Å². The first-order valence-corrected chi connectivity index (χ1v) is 6.78. The largest absolute Gasteiger partial charge is 0.381 e. The highest BCUT2D eigenvalue weighted by Crippen LogP contribution is 2.23. The van der Waals surface area contributed by atoms with Crippen molar-refractivity contribution >= 4 is 11.4 Å². The zero-order chi connectivity index (χ0) is 14.5. The van der Waals surface area contributed by atoms with Gasteiger partial charge in [-0.15, -0.1) is 0 Å². The molecular weight excluding hydrogens is 256 g/mol. The lowest BCUT2D eigenvalue weighted by Crippen LogP contribution is -2.29. The van der Waals surface area contributed by atoms with Crippen molar-refractivity contribution in [3.63, 3.8) is 0 Å². The zero-order valence-electron chi connectivity index (χ0n) is 11.4. The van der Waals surface area contributed by atoms with E-state index in [2.05, 4.69) is 17.6 Å². The molecule has 1 saturated heterocycles. The van der Waals surface area contributed by atoms with E-state index in [0.717, 1.165) is 13.0 Å². The van der Waals surface area contributed by atoms with E-state index in [4.69, 9.17) is 5.26 Å². The molecule has 2 unspecified atom stereocenters. The Morgan fingerprint density at radius 1 is 1.65 bits per heavy atom. The number of benzene rings is 1. The van der Waals surface area contributed by atoms with Gasteiger partial charge in [0.15, 0.2) is 0 Å². The molecule has 0 radical (unpaired) electrons. The third-order valence-corrected chi connectivity index (χ3v) is 3.54. The average Bonchev–Trinajstić information content (AvgIpc) is 2.91.